The van der Waals surface area contributed by atoms with Crippen molar-refractivity contribution in [3.63, 3.8) is 0 Å². The first-order valence-corrected chi connectivity index (χ1v) is 5.29. The summed E-state index contributed by atoms with van der Waals surface area (Å²) in [7, 11) is 0. The summed E-state index contributed by atoms with van der Waals surface area (Å²) in [4.78, 5) is 21.4. The number of amides is 1. The molecule has 0 bridgehead atoms. The fourth-order valence-corrected chi connectivity index (χ4v) is 1.90. The average molecular weight is 227 g/mol. The molecule has 2 heterocycles. The summed E-state index contributed by atoms with van der Waals surface area (Å²) in [5.74, 6) is -0.245. The van der Waals surface area contributed by atoms with Gasteiger partial charge in [-0.25, -0.2) is 0 Å². The maximum atomic E-state index is 11.5. The molecule has 2 N–H and O–H groups in total. The van der Waals surface area contributed by atoms with Gasteiger partial charge in [0.15, 0.2) is 0 Å². The molecule has 1 fully saturated rings. The van der Waals surface area contributed by atoms with E-state index in [2.05, 4.69) is 10.6 Å². The van der Waals surface area contributed by atoms with E-state index in [1.165, 1.54) is 11.4 Å². The second-order valence-corrected chi connectivity index (χ2v) is 4.15. The molecule has 7 heteroatoms. The molecule has 80 valence electrons. The first kappa shape index (κ1) is 10.1. The topological polar surface area (TPSA) is 84.3 Å². The van der Waals surface area contributed by atoms with E-state index in [1.54, 1.807) is 0 Å². The van der Waals surface area contributed by atoms with Gasteiger partial charge in [-0.3, -0.25) is 14.9 Å². The summed E-state index contributed by atoms with van der Waals surface area (Å²) >= 11 is 0.963. The zero-order valence-corrected chi connectivity index (χ0v) is 8.54. The third-order valence-electron chi connectivity index (χ3n) is 2.14. The van der Waals surface area contributed by atoms with E-state index in [0.29, 0.717) is 5.56 Å². The van der Waals surface area contributed by atoms with Gasteiger partial charge >= 0.3 is 5.00 Å². The van der Waals surface area contributed by atoms with E-state index in [1.807, 2.05) is 0 Å². The van der Waals surface area contributed by atoms with Crippen LogP contribution in [-0.4, -0.2) is 30.0 Å². The highest BCUT2D eigenvalue weighted by Crippen LogP contribution is 2.22. The predicted octanol–water partition coefficient (Wildman–Crippen LogP) is 0.358. The summed E-state index contributed by atoms with van der Waals surface area (Å²) in [5.41, 5.74) is 0.360. The van der Waals surface area contributed by atoms with E-state index in [9.17, 15) is 14.9 Å². The lowest BCUT2D eigenvalue weighted by atomic mass is 10.1. The van der Waals surface area contributed by atoms with Gasteiger partial charge < -0.3 is 10.6 Å². The largest absolute Gasteiger partial charge is 0.347 e. The van der Waals surface area contributed by atoms with Gasteiger partial charge in [0.05, 0.1) is 16.5 Å². The quantitative estimate of drug-likeness (QED) is 0.576. The van der Waals surface area contributed by atoms with Crippen LogP contribution >= 0.6 is 11.3 Å². The van der Waals surface area contributed by atoms with E-state index in [4.69, 9.17) is 0 Å². The second kappa shape index (κ2) is 3.95. The molecule has 0 spiro atoms. The number of rotatable bonds is 3. The molecule has 1 aromatic rings. The molecule has 1 amide bonds. The molecule has 0 atom stereocenters. The van der Waals surface area contributed by atoms with E-state index in [-0.39, 0.29) is 17.0 Å². The fraction of sp³-hybridized carbons (Fsp3) is 0.375. The second-order valence-electron chi connectivity index (χ2n) is 3.26. The average Bonchev–Trinajstić information content (AvgIpc) is 2.59. The minimum Gasteiger partial charge on any atom is -0.347 e. The van der Waals surface area contributed by atoms with Crippen molar-refractivity contribution >= 4 is 22.2 Å². The fourth-order valence-electron chi connectivity index (χ4n) is 1.20. The Bertz CT molecular complexity index is 400. The molecular formula is C8H9N3O3S. The van der Waals surface area contributed by atoms with Gasteiger partial charge in [-0.15, -0.1) is 0 Å². The number of carbonyl (C=O) groups excluding carboxylic acids is 1. The van der Waals surface area contributed by atoms with Crippen molar-refractivity contribution in [1.29, 1.82) is 0 Å². The number of thiophene rings is 1. The van der Waals surface area contributed by atoms with Crippen LogP contribution in [0, 0.1) is 10.1 Å². The third kappa shape index (κ3) is 2.13. The summed E-state index contributed by atoms with van der Waals surface area (Å²) in [6.45, 7) is 1.52. The van der Waals surface area contributed by atoms with Crippen molar-refractivity contribution < 1.29 is 9.72 Å². The molecule has 1 aromatic heterocycles. The molecule has 0 unspecified atom stereocenters. The monoisotopic (exact) mass is 227 g/mol. The Hall–Kier alpha value is -1.47. The lowest BCUT2D eigenvalue weighted by Gasteiger charge is -2.27. The van der Waals surface area contributed by atoms with Crippen molar-refractivity contribution in [2.45, 2.75) is 6.04 Å². The summed E-state index contributed by atoms with van der Waals surface area (Å²) < 4.78 is 0. The Morgan fingerprint density at radius 3 is 2.87 bits per heavy atom. The van der Waals surface area contributed by atoms with Crippen LogP contribution in [0.5, 0.6) is 0 Å². The van der Waals surface area contributed by atoms with Crippen LogP contribution < -0.4 is 10.6 Å². The molecule has 0 saturated carbocycles. The normalized spacial score (nSPS) is 15.7. The molecule has 1 aliphatic heterocycles. The SMILES string of the molecule is O=C(NC1CNC1)c1csc([N+](=O)[O-])c1. The van der Waals surface area contributed by atoms with Gasteiger partial charge in [-0.1, -0.05) is 11.3 Å². The first-order chi connectivity index (χ1) is 7.16. The highest BCUT2D eigenvalue weighted by Gasteiger charge is 2.21. The lowest BCUT2D eigenvalue weighted by Crippen LogP contribution is -2.56. The Balaban J connectivity index is 2.01. The third-order valence-corrected chi connectivity index (χ3v) is 3.02. The Kier molecular flexibility index (Phi) is 2.65. The molecule has 2 rings (SSSR count). The summed E-state index contributed by atoms with van der Waals surface area (Å²) in [6.07, 6.45) is 0. The van der Waals surface area contributed by atoms with Crippen LogP contribution in [0.25, 0.3) is 0 Å². The maximum Gasteiger partial charge on any atom is 0.324 e. The van der Waals surface area contributed by atoms with Gasteiger partial charge in [-0.05, 0) is 0 Å². The van der Waals surface area contributed by atoms with Crippen LogP contribution in [0.3, 0.4) is 0 Å². The molecule has 1 aliphatic rings. The number of hydrogen-bond donors (Lipinski definition) is 2. The molecule has 0 radical (unpaired) electrons. The van der Waals surface area contributed by atoms with E-state index >= 15 is 0 Å². The first-order valence-electron chi connectivity index (χ1n) is 4.41. The number of nitrogens with one attached hydrogen (secondary N) is 2. The van der Waals surface area contributed by atoms with Crippen molar-refractivity contribution in [2.75, 3.05) is 13.1 Å². The van der Waals surface area contributed by atoms with Gasteiger partial charge in [0, 0.05) is 24.5 Å². The highest BCUT2D eigenvalue weighted by molar-refractivity contribution is 7.13. The van der Waals surface area contributed by atoms with Crippen LogP contribution in [0.2, 0.25) is 0 Å². The number of hydrogen-bond acceptors (Lipinski definition) is 5. The van der Waals surface area contributed by atoms with Crippen LogP contribution in [0.15, 0.2) is 11.4 Å². The van der Waals surface area contributed by atoms with Crippen molar-refractivity contribution in [2.24, 2.45) is 0 Å². The molecule has 0 aromatic carbocycles. The van der Waals surface area contributed by atoms with E-state index in [0.717, 1.165) is 24.4 Å². The molecule has 15 heavy (non-hydrogen) atoms. The van der Waals surface area contributed by atoms with Crippen LogP contribution in [0.1, 0.15) is 10.4 Å². The minimum absolute atomic E-state index is 0.00751. The Morgan fingerprint density at radius 1 is 1.67 bits per heavy atom. The minimum atomic E-state index is -0.494. The summed E-state index contributed by atoms with van der Waals surface area (Å²) in [5, 5.41) is 17.7. The highest BCUT2D eigenvalue weighted by atomic mass is 32.1. The number of nitrogens with zero attached hydrogens (tertiary/aromatic N) is 1. The molecule has 0 aliphatic carbocycles. The zero-order chi connectivity index (χ0) is 10.8. The predicted molar refractivity (Wildman–Crippen MR) is 55.1 cm³/mol. The standard InChI is InChI=1S/C8H9N3O3S/c12-8(10-6-2-9-3-6)5-1-7(11(13)14)15-4-5/h1,4,6,9H,2-3H2,(H,10,12). The van der Waals surface area contributed by atoms with Crippen molar-refractivity contribution in [3.05, 3.63) is 27.1 Å². The van der Waals surface area contributed by atoms with E-state index < -0.39 is 4.92 Å². The van der Waals surface area contributed by atoms with Crippen molar-refractivity contribution in [1.82, 2.24) is 10.6 Å². The van der Waals surface area contributed by atoms with Gasteiger partial charge in [0.1, 0.15) is 0 Å². The van der Waals surface area contributed by atoms with Crippen LogP contribution in [0.4, 0.5) is 5.00 Å². The smallest absolute Gasteiger partial charge is 0.324 e. The molecule has 6 nitrogen and oxygen atoms in total. The maximum absolute atomic E-state index is 11.5. The molecular weight excluding hydrogens is 218 g/mol. The Morgan fingerprint density at radius 2 is 2.40 bits per heavy atom. The van der Waals surface area contributed by atoms with Gasteiger partial charge in [-0.2, -0.15) is 0 Å². The summed E-state index contributed by atoms with van der Waals surface area (Å²) in [6, 6.07) is 1.45. The van der Waals surface area contributed by atoms with Gasteiger partial charge in [0.25, 0.3) is 5.91 Å². The lowest BCUT2D eigenvalue weighted by molar-refractivity contribution is -0.380. The van der Waals surface area contributed by atoms with Gasteiger partial charge in [0.2, 0.25) is 0 Å². The number of nitro groups is 1. The Labute approximate surface area is 89.4 Å². The van der Waals surface area contributed by atoms with Crippen LogP contribution in [-0.2, 0) is 0 Å². The zero-order valence-electron chi connectivity index (χ0n) is 7.73. The number of carbonyl (C=O) groups is 1. The van der Waals surface area contributed by atoms with Crippen molar-refractivity contribution in [3.8, 4) is 0 Å². The molecule has 1 saturated heterocycles.